The smallest absolute Gasteiger partial charge is 0.309 e. The van der Waals surface area contributed by atoms with Crippen molar-refractivity contribution < 1.29 is 14.5 Å². The first-order valence-electron chi connectivity index (χ1n) is 4.13. The van der Waals surface area contributed by atoms with Crippen LogP contribution in [0, 0.1) is 22.0 Å². The van der Waals surface area contributed by atoms with E-state index >= 15 is 0 Å². The normalized spacial score (nSPS) is 25.9. The highest BCUT2D eigenvalue weighted by Gasteiger charge is 2.42. The van der Waals surface area contributed by atoms with Crippen molar-refractivity contribution in [2.45, 2.75) is 13.3 Å². The Hall–Kier alpha value is -1.39. The molecule has 0 aromatic rings. The number of rotatable bonds is 4. The maximum atomic E-state index is 11.0. The second-order valence-corrected chi connectivity index (χ2v) is 2.88. The maximum absolute atomic E-state index is 11.0. The van der Waals surface area contributed by atoms with Crippen LogP contribution in [0.3, 0.4) is 0 Å². The molecule has 13 heavy (non-hydrogen) atoms. The third-order valence-electron chi connectivity index (χ3n) is 1.88. The highest BCUT2D eigenvalue weighted by molar-refractivity contribution is 5.76. The largest absolute Gasteiger partial charge is 0.466 e. The molecule has 1 aliphatic rings. The summed E-state index contributed by atoms with van der Waals surface area (Å²) < 4.78 is 4.76. The fraction of sp³-hybridized carbons (Fsp3) is 0.625. The molecule has 2 atom stereocenters. The highest BCUT2D eigenvalue weighted by atomic mass is 16.6. The summed E-state index contributed by atoms with van der Waals surface area (Å²) in [5, 5.41) is 9.94. The first-order valence-corrected chi connectivity index (χ1v) is 4.13. The zero-order valence-electron chi connectivity index (χ0n) is 7.30. The lowest BCUT2D eigenvalue weighted by Gasteiger charge is -1.97. The van der Waals surface area contributed by atoms with E-state index in [1.165, 1.54) is 6.08 Å². The molecule has 2 unspecified atom stereocenters. The van der Waals surface area contributed by atoms with Gasteiger partial charge in [-0.05, 0) is 25.3 Å². The molecule has 0 aromatic heterocycles. The second-order valence-electron chi connectivity index (χ2n) is 2.88. The fourth-order valence-electron chi connectivity index (χ4n) is 1.13. The van der Waals surface area contributed by atoms with E-state index in [-0.39, 0.29) is 17.8 Å². The van der Waals surface area contributed by atoms with Gasteiger partial charge in [0.15, 0.2) is 0 Å². The van der Waals surface area contributed by atoms with Crippen molar-refractivity contribution in [2.24, 2.45) is 11.8 Å². The molecule has 1 fully saturated rings. The molecule has 0 N–H and O–H groups in total. The average molecular weight is 185 g/mol. The third-order valence-corrected chi connectivity index (χ3v) is 1.88. The number of hydrogen-bond donors (Lipinski definition) is 0. The predicted molar refractivity (Wildman–Crippen MR) is 44.4 cm³/mol. The number of hydrogen-bond acceptors (Lipinski definition) is 4. The van der Waals surface area contributed by atoms with Crippen LogP contribution in [-0.2, 0) is 9.53 Å². The molecular weight excluding hydrogens is 174 g/mol. The van der Waals surface area contributed by atoms with Crippen LogP contribution in [0.5, 0.6) is 0 Å². The maximum Gasteiger partial charge on any atom is 0.309 e. The molecule has 0 saturated heterocycles. The minimum atomic E-state index is -0.527. The van der Waals surface area contributed by atoms with Gasteiger partial charge in [-0.15, -0.1) is 0 Å². The van der Waals surface area contributed by atoms with Crippen molar-refractivity contribution >= 4 is 5.97 Å². The Balaban J connectivity index is 2.30. The predicted octanol–water partition coefficient (Wildman–Crippen LogP) is 0.976. The average Bonchev–Trinajstić information content (AvgIpc) is 2.80. The number of ether oxygens (including phenoxy) is 1. The molecule has 0 amide bonds. The molecule has 0 aromatic carbocycles. The van der Waals surface area contributed by atoms with Crippen molar-refractivity contribution in [3.63, 3.8) is 0 Å². The van der Waals surface area contributed by atoms with Gasteiger partial charge in [-0.2, -0.15) is 0 Å². The number of nitro groups is 1. The molecular formula is C8H11NO4. The number of nitrogens with zero attached hydrogens (tertiary/aromatic N) is 1. The van der Waals surface area contributed by atoms with Crippen LogP contribution in [0.15, 0.2) is 12.3 Å². The van der Waals surface area contributed by atoms with E-state index in [4.69, 9.17) is 4.74 Å². The first kappa shape index (κ1) is 9.70. The minimum absolute atomic E-state index is 0.00412. The van der Waals surface area contributed by atoms with Gasteiger partial charge in [0, 0.05) is 0 Å². The highest BCUT2D eigenvalue weighted by Crippen LogP contribution is 2.40. The van der Waals surface area contributed by atoms with Gasteiger partial charge in [0.1, 0.15) is 0 Å². The van der Waals surface area contributed by atoms with Gasteiger partial charge in [-0.1, -0.05) is 0 Å². The van der Waals surface area contributed by atoms with Crippen molar-refractivity contribution in [3.05, 3.63) is 22.4 Å². The van der Waals surface area contributed by atoms with Crippen LogP contribution in [-0.4, -0.2) is 17.5 Å². The molecule has 1 rings (SSSR count). The monoisotopic (exact) mass is 185 g/mol. The number of carbonyl (C=O) groups excluding carboxylic acids is 1. The van der Waals surface area contributed by atoms with Crippen LogP contribution in [0.2, 0.25) is 0 Å². The standard InChI is InChI=1S/C8H11NO4/c1-2-13-8(10)7-5-6(7)3-4-9(11)12/h3-4,6-7H,2,5H2,1H3/b4-3+. The summed E-state index contributed by atoms with van der Waals surface area (Å²) in [6.45, 7) is 2.10. The molecule has 0 aliphatic heterocycles. The zero-order valence-corrected chi connectivity index (χ0v) is 7.30. The van der Waals surface area contributed by atoms with Gasteiger partial charge >= 0.3 is 5.97 Å². The summed E-state index contributed by atoms with van der Waals surface area (Å²) in [5.74, 6) is -0.402. The van der Waals surface area contributed by atoms with Crippen molar-refractivity contribution in [1.82, 2.24) is 0 Å². The molecule has 1 saturated carbocycles. The Morgan fingerprint density at radius 3 is 3.00 bits per heavy atom. The number of esters is 1. The molecule has 0 heterocycles. The van der Waals surface area contributed by atoms with E-state index < -0.39 is 4.92 Å². The van der Waals surface area contributed by atoms with Crippen LogP contribution >= 0.6 is 0 Å². The van der Waals surface area contributed by atoms with E-state index in [1.54, 1.807) is 6.92 Å². The molecule has 0 radical (unpaired) electrons. The lowest BCUT2D eigenvalue weighted by Crippen LogP contribution is -2.07. The Morgan fingerprint density at radius 1 is 1.77 bits per heavy atom. The topological polar surface area (TPSA) is 69.4 Å². The van der Waals surface area contributed by atoms with Gasteiger partial charge in [0.05, 0.1) is 17.4 Å². The van der Waals surface area contributed by atoms with Crippen molar-refractivity contribution in [3.8, 4) is 0 Å². The summed E-state index contributed by atoms with van der Waals surface area (Å²) in [7, 11) is 0. The van der Waals surface area contributed by atoms with E-state index in [2.05, 4.69) is 0 Å². The Kier molecular flexibility index (Phi) is 3.00. The third kappa shape index (κ3) is 2.85. The number of allylic oxidation sites excluding steroid dienone is 1. The Bertz CT molecular complexity index is 249. The summed E-state index contributed by atoms with van der Waals surface area (Å²) in [6, 6.07) is 0. The van der Waals surface area contributed by atoms with Crippen LogP contribution in [0.25, 0.3) is 0 Å². The Labute approximate surface area is 75.5 Å². The van der Waals surface area contributed by atoms with Gasteiger partial charge in [-0.3, -0.25) is 14.9 Å². The Morgan fingerprint density at radius 2 is 2.46 bits per heavy atom. The van der Waals surface area contributed by atoms with Gasteiger partial charge in [0.25, 0.3) is 0 Å². The summed E-state index contributed by atoms with van der Waals surface area (Å²) in [4.78, 5) is 20.4. The molecule has 0 spiro atoms. The van der Waals surface area contributed by atoms with Crippen LogP contribution in [0.1, 0.15) is 13.3 Å². The van der Waals surface area contributed by atoms with E-state index in [0.29, 0.717) is 13.0 Å². The lowest BCUT2D eigenvalue weighted by molar-refractivity contribution is -0.402. The summed E-state index contributed by atoms with van der Waals surface area (Å²) in [5.41, 5.74) is 0. The summed E-state index contributed by atoms with van der Waals surface area (Å²) >= 11 is 0. The number of carbonyl (C=O) groups is 1. The molecule has 1 aliphatic carbocycles. The van der Waals surface area contributed by atoms with Crippen molar-refractivity contribution in [1.29, 1.82) is 0 Å². The molecule has 0 bridgehead atoms. The van der Waals surface area contributed by atoms with E-state index in [0.717, 1.165) is 6.20 Å². The quantitative estimate of drug-likeness (QED) is 0.372. The van der Waals surface area contributed by atoms with E-state index in [1.807, 2.05) is 0 Å². The van der Waals surface area contributed by atoms with Crippen LogP contribution < -0.4 is 0 Å². The fourth-order valence-corrected chi connectivity index (χ4v) is 1.13. The van der Waals surface area contributed by atoms with Crippen molar-refractivity contribution in [2.75, 3.05) is 6.61 Å². The summed E-state index contributed by atoms with van der Waals surface area (Å²) in [6.07, 6.45) is 2.99. The minimum Gasteiger partial charge on any atom is -0.466 e. The zero-order chi connectivity index (χ0) is 9.84. The molecule has 5 nitrogen and oxygen atoms in total. The second kappa shape index (κ2) is 4.02. The lowest BCUT2D eigenvalue weighted by atomic mass is 10.3. The van der Waals surface area contributed by atoms with Crippen LogP contribution in [0.4, 0.5) is 0 Å². The first-order chi connectivity index (χ1) is 6.15. The van der Waals surface area contributed by atoms with Gasteiger partial charge in [-0.25, -0.2) is 0 Å². The molecule has 5 heteroatoms. The van der Waals surface area contributed by atoms with Gasteiger partial charge in [0.2, 0.25) is 6.20 Å². The SMILES string of the molecule is CCOC(=O)C1CC1/C=C/[N+](=O)[O-]. The molecule has 72 valence electrons. The van der Waals surface area contributed by atoms with E-state index in [9.17, 15) is 14.9 Å². The van der Waals surface area contributed by atoms with Gasteiger partial charge < -0.3 is 4.74 Å².